The minimum Gasteiger partial charge on any atom is -0.400 e. The molecule has 12 heteroatoms. The number of aromatic nitrogens is 3. The third kappa shape index (κ3) is 4.90. The van der Waals surface area contributed by atoms with Gasteiger partial charge in [-0.15, -0.1) is 26.3 Å². The second kappa shape index (κ2) is 7.84. The summed E-state index contributed by atoms with van der Waals surface area (Å²) in [7, 11) is 1.29. The van der Waals surface area contributed by atoms with E-state index in [1.54, 1.807) is 22.8 Å². The summed E-state index contributed by atoms with van der Waals surface area (Å²) in [4.78, 5) is 16.5. The highest BCUT2D eigenvalue weighted by Gasteiger charge is 2.33. The topological polar surface area (TPSA) is 58.3 Å². The van der Waals surface area contributed by atoms with Crippen molar-refractivity contribution in [3.63, 3.8) is 0 Å². The Morgan fingerprint density at radius 3 is 2.41 bits per heavy atom. The maximum absolute atomic E-state index is 12.7. The highest BCUT2D eigenvalue weighted by atomic mass is 19.4. The molecule has 0 bridgehead atoms. The van der Waals surface area contributed by atoms with Gasteiger partial charge in [-0.25, -0.2) is 4.98 Å². The third-order valence-corrected chi connectivity index (χ3v) is 5.01. The molecule has 0 saturated heterocycles. The van der Waals surface area contributed by atoms with Crippen LogP contribution in [0.4, 0.5) is 26.3 Å². The number of benzene rings is 1. The maximum Gasteiger partial charge on any atom is 0.573 e. The van der Waals surface area contributed by atoms with Crippen molar-refractivity contribution in [2.75, 3.05) is 6.61 Å². The van der Waals surface area contributed by atoms with E-state index in [4.69, 9.17) is 0 Å². The summed E-state index contributed by atoms with van der Waals surface area (Å²) in [5, 5.41) is 0. The van der Waals surface area contributed by atoms with Gasteiger partial charge in [-0.1, -0.05) is 6.07 Å². The molecule has 1 aromatic carbocycles. The lowest BCUT2D eigenvalue weighted by Crippen LogP contribution is -2.25. The number of imidazole rings is 1. The van der Waals surface area contributed by atoms with Crippen LogP contribution >= 0.6 is 0 Å². The average Bonchev–Trinajstić information content (AvgIpc) is 3.45. The highest BCUT2D eigenvalue weighted by molar-refractivity contribution is 5.83. The molecule has 0 unspecified atom stereocenters. The zero-order valence-electron chi connectivity index (χ0n) is 16.6. The van der Waals surface area contributed by atoms with Crippen LogP contribution in [0.1, 0.15) is 24.6 Å². The molecule has 1 aliphatic rings. The number of aryl methyl sites for hydroxylation is 1. The van der Waals surface area contributed by atoms with E-state index in [0.717, 1.165) is 23.5 Å². The minimum absolute atomic E-state index is 0.0962. The van der Waals surface area contributed by atoms with Gasteiger partial charge in [0.15, 0.2) is 5.75 Å². The molecule has 6 nitrogen and oxygen atoms in total. The first-order valence-corrected chi connectivity index (χ1v) is 9.59. The fraction of sp³-hybridized carbons (Fsp3) is 0.400. The third-order valence-electron chi connectivity index (χ3n) is 5.01. The smallest absolute Gasteiger partial charge is 0.400 e. The van der Waals surface area contributed by atoms with Gasteiger partial charge in [-0.3, -0.25) is 9.53 Å². The van der Waals surface area contributed by atoms with Crippen molar-refractivity contribution in [3.8, 4) is 16.9 Å². The molecule has 0 aliphatic heterocycles. The second-order valence-corrected chi connectivity index (χ2v) is 7.45. The molecule has 0 spiro atoms. The number of halogens is 6. The lowest BCUT2D eigenvalue weighted by molar-refractivity contribution is -0.325. The van der Waals surface area contributed by atoms with Gasteiger partial charge >= 0.3 is 12.7 Å². The molecule has 1 aliphatic carbocycles. The largest absolute Gasteiger partial charge is 0.573 e. The van der Waals surface area contributed by atoms with Crippen LogP contribution in [0.15, 0.2) is 35.3 Å². The Bertz CT molecular complexity index is 1210. The van der Waals surface area contributed by atoms with Crippen molar-refractivity contribution in [1.29, 1.82) is 0 Å². The van der Waals surface area contributed by atoms with E-state index in [1.807, 2.05) is 0 Å². The van der Waals surface area contributed by atoms with Gasteiger partial charge in [0.2, 0.25) is 0 Å². The number of fused-ring (bicyclic) bond motifs is 1. The molecular weight excluding hydrogens is 444 g/mol. The van der Waals surface area contributed by atoms with Crippen LogP contribution in [-0.2, 0) is 18.3 Å². The van der Waals surface area contributed by atoms with Crippen LogP contribution in [-0.4, -0.2) is 33.4 Å². The summed E-state index contributed by atoms with van der Waals surface area (Å²) in [5.41, 5.74) is 0.806. The van der Waals surface area contributed by atoms with Crippen molar-refractivity contribution in [3.05, 3.63) is 46.6 Å². The molecule has 1 fully saturated rings. The Hall–Kier alpha value is -3.02. The number of nitrogens with zero attached hydrogens (tertiary/aromatic N) is 3. The summed E-state index contributed by atoms with van der Waals surface area (Å²) < 4.78 is 85.6. The molecule has 3 aromatic rings. The van der Waals surface area contributed by atoms with E-state index in [-0.39, 0.29) is 18.0 Å². The van der Waals surface area contributed by atoms with Gasteiger partial charge in [0.25, 0.3) is 5.56 Å². The van der Waals surface area contributed by atoms with Gasteiger partial charge in [0, 0.05) is 31.3 Å². The Balaban J connectivity index is 1.75. The van der Waals surface area contributed by atoms with Crippen LogP contribution in [0.3, 0.4) is 0 Å². The number of pyridine rings is 1. The number of hydrogen-bond donors (Lipinski definition) is 0. The summed E-state index contributed by atoms with van der Waals surface area (Å²) >= 11 is 0. The van der Waals surface area contributed by atoms with E-state index in [0.29, 0.717) is 22.4 Å². The molecule has 1 saturated carbocycles. The predicted molar refractivity (Wildman–Crippen MR) is 101 cm³/mol. The van der Waals surface area contributed by atoms with Gasteiger partial charge < -0.3 is 13.9 Å². The van der Waals surface area contributed by atoms with Crippen molar-refractivity contribution < 1.29 is 35.8 Å². The van der Waals surface area contributed by atoms with E-state index in [2.05, 4.69) is 14.5 Å². The monoisotopic (exact) mass is 461 g/mol. The average molecular weight is 461 g/mol. The van der Waals surface area contributed by atoms with Crippen LogP contribution in [0, 0.1) is 0 Å². The Morgan fingerprint density at radius 2 is 1.78 bits per heavy atom. The number of ether oxygens (including phenoxy) is 2. The molecule has 0 amide bonds. The lowest BCUT2D eigenvalue weighted by atomic mass is 10.1. The van der Waals surface area contributed by atoms with Crippen molar-refractivity contribution in [2.24, 2.45) is 7.05 Å². The first-order chi connectivity index (χ1) is 14.9. The predicted octanol–water partition coefficient (Wildman–Crippen LogP) is 4.71. The molecule has 2 aromatic heterocycles. The van der Waals surface area contributed by atoms with Crippen LogP contribution in [0.5, 0.6) is 5.75 Å². The second-order valence-electron chi connectivity index (χ2n) is 7.45. The molecule has 2 heterocycles. The number of hydrogen-bond acceptors (Lipinski definition) is 4. The summed E-state index contributed by atoms with van der Waals surface area (Å²) in [6.45, 7) is -0.705. The SMILES string of the molecule is Cn1cc(-c2ccc3nc(C4CC4)n(CCOC(F)(F)F)c3c2)cc(OC(F)(F)F)c1=O. The molecule has 32 heavy (non-hydrogen) atoms. The van der Waals surface area contributed by atoms with E-state index < -0.39 is 30.6 Å². The van der Waals surface area contributed by atoms with Crippen molar-refractivity contribution in [2.45, 2.75) is 38.0 Å². The molecule has 4 rings (SSSR count). The zero-order chi connectivity index (χ0) is 23.3. The molecule has 0 atom stereocenters. The summed E-state index contributed by atoms with van der Waals surface area (Å²) in [6.07, 6.45) is -6.71. The standard InChI is InChI=1S/C20H17F6N3O3/c1-28-10-13(9-16(18(28)30)32-20(24,25)26)12-4-5-14-15(8-12)29(6-7-31-19(21,22)23)17(27-14)11-2-3-11/h4-5,8-11H,2-3,6-7H2,1H3. The maximum atomic E-state index is 12.7. The van der Waals surface area contributed by atoms with Gasteiger partial charge in [0.05, 0.1) is 17.6 Å². The Morgan fingerprint density at radius 1 is 1.06 bits per heavy atom. The number of rotatable bonds is 6. The molecule has 172 valence electrons. The fourth-order valence-electron chi connectivity index (χ4n) is 3.50. The lowest BCUT2D eigenvalue weighted by Gasteiger charge is -2.13. The normalized spacial score (nSPS) is 14.8. The molecule has 0 radical (unpaired) electrons. The summed E-state index contributed by atoms with van der Waals surface area (Å²) in [6, 6.07) is 5.83. The zero-order valence-corrected chi connectivity index (χ0v) is 16.6. The van der Waals surface area contributed by atoms with Gasteiger partial charge in [0.1, 0.15) is 5.82 Å². The molecular formula is C20H17F6N3O3. The minimum atomic E-state index is -5.04. The van der Waals surface area contributed by atoms with Crippen LogP contribution in [0.25, 0.3) is 22.2 Å². The van der Waals surface area contributed by atoms with Gasteiger partial charge in [-0.05, 0) is 36.6 Å². The number of alkyl halides is 6. The van der Waals surface area contributed by atoms with E-state index >= 15 is 0 Å². The highest BCUT2D eigenvalue weighted by Crippen LogP contribution is 2.41. The van der Waals surface area contributed by atoms with E-state index in [9.17, 15) is 31.1 Å². The fourth-order valence-corrected chi connectivity index (χ4v) is 3.50. The van der Waals surface area contributed by atoms with Crippen molar-refractivity contribution >= 4 is 11.0 Å². The summed E-state index contributed by atoms with van der Waals surface area (Å²) in [5.74, 6) is -0.103. The quantitative estimate of drug-likeness (QED) is 0.499. The van der Waals surface area contributed by atoms with Crippen molar-refractivity contribution in [1.82, 2.24) is 14.1 Å². The first kappa shape index (κ1) is 22.2. The van der Waals surface area contributed by atoms with Crippen LogP contribution < -0.4 is 10.3 Å². The first-order valence-electron chi connectivity index (χ1n) is 9.59. The Labute approximate surface area is 177 Å². The van der Waals surface area contributed by atoms with E-state index in [1.165, 1.54) is 13.2 Å². The molecule has 0 N–H and O–H groups in total. The van der Waals surface area contributed by atoms with Gasteiger partial charge in [-0.2, -0.15) is 0 Å². The Kier molecular flexibility index (Phi) is 5.43. The van der Waals surface area contributed by atoms with Crippen LogP contribution in [0.2, 0.25) is 0 Å².